The summed E-state index contributed by atoms with van der Waals surface area (Å²) in [6.45, 7) is 4.69. The highest BCUT2D eigenvalue weighted by Crippen LogP contribution is 2.36. The van der Waals surface area contributed by atoms with E-state index in [1.165, 1.54) is 6.42 Å². The summed E-state index contributed by atoms with van der Waals surface area (Å²) in [5.41, 5.74) is 3.06. The number of piperidine rings is 1. The third-order valence-electron chi connectivity index (χ3n) is 5.54. The lowest BCUT2D eigenvalue weighted by Gasteiger charge is -2.31. The van der Waals surface area contributed by atoms with Gasteiger partial charge < -0.3 is 19.9 Å². The van der Waals surface area contributed by atoms with Gasteiger partial charge in [0.05, 0.1) is 12.1 Å². The summed E-state index contributed by atoms with van der Waals surface area (Å²) in [4.78, 5) is 33.3. The van der Waals surface area contributed by atoms with Crippen LogP contribution in [-0.2, 0) is 0 Å². The average Bonchev–Trinajstić information content (AvgIpc) is 2.77. The van der Waals surface area contributed by atoms with Crippen LogP contribution in [0.15, 0.2) is 30.5 Å². The molecular weight excluding hydrogens is 368 g/mol. The first-order valence-electron chi connectivity index (χ1n) is 10.1. The fourth-order valence-electron chi connectivity index (χ4n) is 3.95. The van der Waals surface area contributed by atoms with E-state index >= 15 is 0 Å². The van der Waals surface area contributed by atoms with Gasteiger partial charge in [0.2, 0.25) is 0 Å². The number of aromatic nitrogens is 1. The van der Waals surface area contributed by atoms with Gasteiger partial charge in [-0.25, -0.2) is 4.98 Å². The van der Waals surface area contributed by atoms with Crippen molar-refractivity contribution in [2.45, 2.75) is 26.2 Å². The van der Waals surface area contributed by atoms with Gasteiger partial charge in [-0.1, -0.05) is 0 Å². The third kappa shape index (κ3) is 3.77. The van der Waals surface area contributed by atoms with Gasteiger partial charge >= 0.3 is 0 Å². The van der Waals surface area contributed by atoms with E-state index in [0.717, 1.165) is 37.2 Å². The van der Waals surface area contributed by atoms with E-state index < -0.39 is 0 Å². The van der Waals surface area contributed by atoms with Crippen LogP contribution in [0.4, 0.5) is 11.5 Å². The van der Waals surface area contributed by atoms with E-state index in [4.69, 9.17) is 4.74 Å². The van der Waals surface area contributed by atoms with E-state index in [0.29, 0.717) is 35.8 Å². The molecule has 0 atom stereocenters. The molecule has 152 valence electrons. The molecule has 4 rings (SSSR count). The smallest absolute Gasteiger partial charge is 0.255 e. The van der Waals surface area contributed by atoms with Gasteiger partial charge in [-0.05, 0) is 56.0 Å². The zero-order valence-electron chi connectivity index (χ0n) is 16.9. The second kappa shape index (κ2) is 8.11. The van der Waals surface area contributed by atoms with Gasteiger partial charge in [0, 0.05) is 37.6 Å². The van der Waals surface area contributed by atoms with Gasteiger partial charge in [-0.2, -0.15) is 0 Å². The number of pyridine rings is 1. The second-order valence-corrected chi connectivity index (χ2v) is 7.48. The summed E-state index contributed by atoms with van der Waals surface area (Å²) < 4.78 is 5.82. The molecular formula is C22H26N4O3. The molecule has 2 aliphatic rings. The summed E-state index contributed by atoms with van der Waals surface area (Å²) in [6.07, 6.45) is 4.94. The molecule has 2 aliphatic heterocycles. The molecule has 0 radical (unpaired) electrons. The molecule has 1 fully saturated rings. The lowest BCUT2D eigenvalue weighted by Crippen LogP contribution is -2.36. The molecule has 2 aromatic rings. The van der Waals surface area contributed by atoms with Crippen molar-refractivity contribution in [3.05, 3.63) is 47.2 Å². The largest absolute Gasteiger partial charge is 0.488 e. The van der Waals surface area contributed by atoms with Crippen LogP contribution in [0.2, 0.25) is 0 Å². The van der Waals surface area contributed by atoms with E-state index in [1.807, 2.05) is 30.0 Å². The van der Waals surface area contributed by atoms with Crippen LogP contribution in [0, 0.1) is 6.92 Å². The molecule has 0 unspecified atom stereocenters. The minimum Gasteiger partial charge on any atom is -0.488 e. The predicted molar refractivity (Wildman–Crippen MR) is 111 cm³/mol. The molecule has 0 spiro atoms. The average molecular weight is 394 g/mol. The molecule has 7 heteroatoms. The Morgan fingerprint density at radius 2 is 1.90 bits per heavy atom. The third-order valence-corrected chi connectivity index (χ3v) is 5.54. The monoisotopic (exact) mass is 394 g/mol. The van der Waals surface area contributed by atoms with Crippen molar-refractivity contribution in [3.8, 4) is 5.75 Å². The van der Waals surface area contributed by atoms with Crippen molar-refractivity contribution in [2.75, 3.05) is 38.2 Å². The highest BCUT2D eigenvalue weighted by molar-refractivity contribution is 5.96. The highest BCUT2D eigenvalue weighted by Gasteiger charge is 2.25. The number of carbonyl (C=O) groups is 2. The van der Waals surface area contributed by atoms with Crippen molar-refractivity contribution in [1.29, 1.82) is 0 Å². The first kappa shape index (κ1) is 19.2. The predicted octanol–water partition coefficient (Wildman–Crippen LogP) is 2.91. The Balaban J connectivity index is 1.61. The van der Waals surface area contributed by atoms with Crippen molar-refractivity contribution in [2.24, 2.45) is 0 Å². The summed E-state index contributed by atoms with van der Waals surface area (Å²) in [6, 6.07) is 7.53. The number of nitrogens with zero attached hydrogens (tertiary/aromatic N) is 3. The number of nitrogens with one attached hydrogen (secondary N) is 1. The maximum absolute atomic E-state index is 12.8. The molecule has 1 saturated heterocycles. The summed E-state index contributed by atoms with van der Waals surface area (Å²) >= 11 is 0. The summed E-state index contributed by atoms with van der Waals surface area (Å²) in [7, 11) is 1.63. The van der Waals surface area contributed by atoms with Crippen LogP contribution in [0.5, 0.6) is 5.75 Å². The Labute approximate surface area is 170 Å². The van der Waals surface area contributed by atoms with Gasteiger partial charge in [0.1, 0.15) is 6.61 Å². The maximum Gasteiger partial charge on any atom is 0.255 e. The lowest BCUT2D eigenvalue weighted by molar-refractivity contribution is 0.0723. The Morgan fingerprint density at radius 3 is 2.62 bits per heavy atom. The van der Waals surface area contributed by atoms with Gasteiger partial charge in [-0.15, -0.1) is 0 Å². The van der Waals surface area contributed by atoms with E-state index in [2.05, 4.69) is 15.2 Å². The number of hydrogen-bond donors (Lipinski definition) is 1. The number of carbonyl (C=O) groups excluding carboxylic acids is 2. The van der Waals surface area contributed by atoms with Crippen LogP contribution < -0.4 is 15.0 Å². The van der Waals surface area contributed by atoms with Crippen molar-refractivity contribution in [1.82, 2.24) is 15.2 Å². The number of hydrogen-bond acceptors (Lipinski definition) is 5. The minimum absolute atomic E-state index is 0.0199. The number of rotatable bonds is 3. The van der Waals surface area contributed by atoms with Gasteiger partial charge in [0.25, 0.3) is 11.8 Å². The normalized spacial score (nSPS) is 16.1. The molecule has 0 bridgehead atoms. The van der Waals surface area contributed by atoms with Crippen LogP contribution in [0.3, 0.4) is 0 Å². The van der Waals surface area contributed by atoms with Crippen LogP contribution in [0.25, 0.3) is 0 Å². The second-order valence-electron chi connectivity index (χ2n) is 7.48. The maximum atomic E-state index is 12.8. The molecule has 3 heterocycles. The van der Waals surface area contributed by atoms with Crippen LogP contribution >= 0.6 is 0 Å². The Morgan fingerprint density at radius 1 is 1.10 bits per heavy atom. The SMILES string of the molecule is CNC(=O)c1ccc(N2CCOc3cc(C(=O)N4CCCCC4)cnc32)cc1C. The lowest BCUT2D eigenvalue weighted by atomic mass is 10.1. The van der Waals surface area contributed by atoms with E-state index in [9.17, 15) is 9.59 Å². The van der Waals surface area contributed by atoms with Crippen molar-refractivity contribution >= 4 is 23.3 Å². The number of anilines is 2. The number of amides is 2. The molecule has 1 aromatic heterocycles. The topological polar surface area (TPSA) is 74.8 Å². The van der Waals surface area contributed by atoms with Crippen molar-refractivity contribution in [3.63, 3.8) is 0 Å². The first-order chi connectivity index (χ1) is 14.1. The molecule has 1 N–H and O–H groups in total. The Hall–Kier alpha value is -3.09. The van der Waals surface area contributed by atoms with E-state index in [-0.39, 0.29) is 11.8 Å². The standard InChI is InChI=1S/C22H26N4O3/c1-15-12-17(6-7-18(15)21(27)23-2)26-10-11-29-19-13-16(14-24-20(19)26)22(28)25-8-4-3-5-9-25/h6-7,12-14H,3-5,8-11H2,1-2H3,(H,23,27). The van der Waals surface area contributed by atoms with Crippen molar-refractivity contribution < 1.29 is 14.3 Å². The first-order valence-corrected chi connectivity index (χ1v) is 10.1. The molecule has 0 saturated carbocycles. The molecule has 2 amide bonds. The molecule has 1 aromatic carbocycles. The molecule has 7 nitrogen and oxygen atoms in total. The number of benzene rings is 1. The fraction of sp³-hybridized carbons (Fsp3) is 0.409. The number of aryl methyl sites for hydroxylation is 1. The number of fused-ring (bicyclic) bond motifs is 1. The molecule has 29 heavy (non-hydrogen) atoms. The van der Waals surface area contributed by atoms with Crippen LogP contribution in [-0.4, -0.2) is 55.0 Å². The quantitative estimate of drug-likeness (QED) is 0.866. The minimum atomic E-state index is -0.101. The van der Waals surface area contributed by atoms with Gasteiger partial charge in [-0.3, -0.25) is 9.59 Å². The van der Waals surface area contributed by atoms with Gasteiger partial charge in [0.15, 0.2) is 11.6 Å². The Bertz CT molecular complexity index is 938. The highest BCUT2D eigenvalue weighted by atomic mass is 16.5. The zero-order chi connectivity index (χ0) is 20.4. The fourth-order valence-corrected chi connectivity index (χ4v) is 3.95. The summed E-state index contributed by atoms with van der Waals surface area (Å²) in [5, 5.41) is 2.66. The zero-order valence-corrected chi connectivity index (χ0v) is 16.9. The molecule has 0 aliphatic carbocycles. The van der Waals surface area contributed by atoms with E-state index in [1.54, 1.807) is 19.3 Å². The Kier molecular flexibility index (Phi) is 5.38. The number of likely N-dealkylation sites (tertiary alicyclic amines) is 1. The summed E-state index contributed by atoms with van der Waals surface area (Å²) in [5.74, 6) is 1.23. The number of ether oxygens (including phenoxy) is 1. The van der Waals surface area contributed by atoms with Crippen LogP contribution in [0.1, 0.15) is 45.5 Å².